The number of rotatable bonds is 6. The number of hydrogen-bond donors (Lipinski definition) is 3. The van der Waals surface area contributed by atoms with Crippen LogP contribution >= 0.6 is 0 Å². The lowest BCUT2D eigenvalue weighted by Gasteiger charge is -2.08. The Hall–Kier alpha value is -1.92. The Morgan fingerprint density at radius 1 is 1.22 bits per heavy atom. The molecule has 1 aromatic rings. The monoisotopic (exact) mass is 254 g/mol. The van der Waals surface area contributed by atoms with Crippen molar-refractivity contribution in [2.45, 2.75) is 19.6 Å². The summed E-state index contributed by atoms with van der Waals surface area (Å²) in [5, 5.41) is 26.7. The quantitative estimate of drug-likeness (QED) is 0.699. The van der Waals surface area contributed by atoms with E-state index in [1.54, 1.807) is 6.92 Å². The maximum atomic E-state index is 10.9. The van der Waals surface area contributed by atoms with Gasteiger partial charge in [0.15, 0.2) is 0 Å². The van der Waals surface area contributed by atoms with Crippen molar-refractivity contribution in [3.8, 4) is 0 Å². The molecule has 1 rings (SSSR count). The number of hydrogen-bond acceptors (Lipinski definition) is 4. The van der Waals surface area contributed by atoms with Crippen LogP contribution < -0.4 is 0 Å². The van der Waals surface area contributed by atoms with E-state index in [2.05, 4.69) is 0 Å². The Morgan fingerprint density at radius 2 is 1.83 bits per heavy atom. The van der Waals surface area contributed by atoms with Gasteiger partial charge in [-0.3, -0.25) is 0 Å². The average molecular weight is 254 g/mol. The van der Waals surface area contributed by atoms with Crippen LogP contribution in [0.4, 0.5) is 0 Å². The number of carboxylic acid groups (broad SMARTS) is 2. The first-order chi connectivity index (χ1) is 8.41. The Bertz CT molecular complexity index is 452. The highest BCUT2D eigenvalue weighted by molar-refractivity contribution is 6.01. The Morgan fingerprint density at radius 3 is 2.33 bits per heavy atom. The fourth-order valence-corrected chi connectivity index (χ4v) is 1.39. The smallest absolute Gasteiger partial charge is 0.336 e. The van der Waals surface area contributed by atoms with Crippen LogP contribution in [0.15, 0.2) is 18.2 Å². The van der Waals surface area contributed by atoms with Crippen molar-refractivity contribution >= 4 is 11.9 Å². The number of aliphatic hydroxyl groups is 1. The summed E-state index contributed by atoms with van der Waals surface area (Å²) in [4.78, 5) is 21.7. The SMILES string of the molecule is CC(O)COCc1ccc(C(=O)O)c(C(=O)O)c1. The Balaban J connectivity index is 2.87. The Kier molecular flexibility index (Phi) is 4.82. The van der Waals surface area contributed by atoms with Crippen molar-refractivity contribution in [1.29, 1.82) is 0 Å². The van der Waals surface area contributed by atoms with E-state index < -0.39 is 18.0 Å². The molecule has 6 nitrogen and oxygen atoms in total. The molecular formula is C12H14O6. The van der Waals surface area contributed by atoms with Crippen LogP contribution in [0.2, 0.25) is 0 Å². The van der Waals surface area contributed by atoms with Gasteiger partial charge >= 0.3 is 11.9 Å². The molecule has 18 heavy (non-hydrogen) atoms. The summed E-state index contributed by atoms with van der Waals surface area (Å²) < 4.78 is 5.13. The minimum atomic E-state index is -1.30. The van der Waals surface area contributed by atoms with E-state index in [0.29, 0.717) is 5.56 Å². The zero-order valence-corrected chi connectivity index (χ0v) is 9.79. The molecular weight excluding hydrogens is 240 g/mol. The molecule has 0 amide bonds. The van der Waals surface area contributed by atoms with Gasteiger partial charge in [0.05, 0.1) is 30.4 Å². The largest absolute Gasteiger partial charge is 0.478 e. The van der Waals surface area contributed by atoms with E-state index in [4.69, 9.17) is 20.1 Å². The fourth-order valence-electron chi connectivity index (χ4n) is 1.39. The van der Waals surface area contributed by atoms with Crippen molar-refractivity contribution < 1.29 is 29.6 Å². The first-order valence-electron chi connectivity index (χ1n) is 5.27. The average Bonchev–Trinajstić information content (AvgIpc) is 2.28. The topological polar surface area (TPSA) is 104 Å². The second-order valence-corrected chi connectivity index (χ2v) is 3.85. The summed E-state index contributed by atoms with van der Waals surface area (Å²) in [5.74, 6) is -2.59. The third-order valence-electron chi connectivity index (χ3n) is 2.17. The third-order valence-corrected chi connectivity index (χ3v) is 2.17. The highest BCUT2D eigenvalue weighted by Crippen LogP contribution is 2.13. The van der Waals surface area contributed by atoms with Gasteiger partial charge in [-0.05, 0) is 24.6 Å². The molecule has 1 atom stereocenters. The number of aromatic carboxylic acids is 2. The number of aliphatic hydroxyl groups excluding tert-OH is 1. The number of carbonyl (C=O) groups is 2. The van der Waals surface area contributed by atoms with Crippen molar-refractivity contribution in [3.05, 3.63) is 34.9 Å². The van der Waals surface area contributed by atoms with Crippen molar-refractivity contribution in [1.82, 2.24) is 0 Å². The zero-order chi connectivity index (χ0) is 13.7. The molecule has 0 aliphatic rings. The van der Waals surface area contributed by atoms with Gasteiger partial charge in [-0.25, -0.2) is 9.59 Å². The van der Waals surface area contributed by atoms with E-state index in [1.807, 2.05) is 0 Å². The van der Waals surface area contributed by atoms with Gasteiger partial charge in [0.25, 0.3) is 0 Å². The normalized spacial score (nSPS) is 12.1. The summed E-state index contributed by atoms with van der Waals surface area (Å²) in [6, 6.07) is 3.97. The van der Waals surface area contributed by atoms with Gasteiger partial charge in [-0.15, -0.1) is 0 Å². The van der Waals surface area contributed by atoms with Crippen LogP contribution in [0, 0.1) is 0 Å². The molecule has 0 heterocycles. The molecule has 6 heteroatoms. The van der Waals surface area contributed by atoms with Gasteiger partial charge in [-0.1, -0.05) is 6.07 Å². The van der Waals surface area contributed by atoms with Crippen LogP contribution in [-0.2, 0) is 11.3 Å². The van der Waals surface area contributed by atoms with Crippen molar-refractivity contribution in [2.75, 3.05) is 6.61 Å². The van der Waals surface area contributed by atoms with Crippen molar-refractivity contribution in [2.24, 2.45) is 0 Å². The summed E-state index contributed by atoms with van der Waals surface area (Å²) >= 11 is 0. The molecule has 98 valence electrons. The predicted octanol–water partition coefficient (Wildman–Crippen LogP) is 0.980. The predicted molar refractivity (Wildman–Crippen MR) is 61.7 cm³/mol. The molecule has 1 unspecified atom stereocenters. The molecule has 0 spiro atoms. The number of carboxylic acids is 2. The first kappa shape index (κ1) is 14.1. The molecule has 0 saturated carbocycles. The van der Waals surface area contributed by atoms with Gasteiger partial charge in [-0.2, -0.15) is 0 Å². The van der Waals surface area contributed by atoms with Crippen LogP contribution in [0.1, 0.15) is 33.2 Å². The highest BCUT2D eigenvalue weighted by atomic mass is 16.5. The zero-order valence-electron chi connectivity index (χ0n) is 9.79. The molecule has 3 N–H and O–H groups in total. The van der Waals surface area contributed by atoms with E-state index in [1.165, 1.54) is 18.2 Å². The molecule has 1 aromatic carbocycles. The molecule has 0 bridgehead atoms. The number of benzene rings is 1. The van der Waals surface area contributed by atoms with Gasteiger partial charge in [0.1, 0.15) is 0 Å². The number of ether oxygens (including phenoxy) is 1. The van der Waals surface area contributed by atoms with Gasteiger partial charge in [0, 0.05) is 0 Å². The van der Waals surface area contributed by atoms with Gasteiger partial charge < -0.3 is 20.1 Å². The van der Waals surface area contributed by atoms with Crippen LogP contribution in [0.5, 0.6) is 0 Å². The van der Waals surface area contributed by atoms with E-state index >= 15 is 0 Å². The lowest BCUT2D eigenvalue weighted by molar-refractivity contribution is 0.0375. The summed E-state index contributed by atoms with van der Waals surface area (Å²) in [7, 11) is 0. The first-order valence-corrected chi connectivity index (χ1v) is 5.27. The summed E-state index contributed by atoms with van der Waals surface area (Å²) in [6.45, 7) is 1.81. The highest BCUT2D eigenvalue weighted by Gasteiger charge is 2.16. The molecule has 0 saturated heterocycles. The van der Waals surface area contributed by atoms with Crippen LogP contribution in [-0.4, -0.2) is 40.0 Å². The van der Waals surface area contributed by atoms with Crippen LogP contribution in [0.3, 0.4) is 0 Å². The molecule has 0 fully saturated rings. The van der Waals surface area contributed by atoms with Crippen LogP contribution in [0.25, 0.3) is 0 Å². The molecule has 0 aliphatic heterocycles. The molecule has 0 radical (unpaired) electrons. The lowest BCUT2D eigenvalue weighted by Crippen LogP contribution is -2.11. The standard InChI is InChI=1S/C12H14O6/c1-7(13)5-18-6-8-2-3-9(11(14)15)10(4-8)12(16)17/h2-4,7,13H,5-6H2,1H3,(H,14,15)(H,16,17). The fraction of sp³-hybridized carbons (Fsp3) is 0.333. The second-order valence-electron chi connectivity index (χ2n) is 3.85. The minimum Gasteiger partial charge on any atom is -0.478 e. The second kappa shape index (κ2) is 6.13. The molecule has 0 aromatic heterocycles. The maximum absolute atomic E-state index is 10.9. The third kappa shape index (κ3) is 3.83. The Labute approximate surface area is 103 Å². The maximum Gasteiger partial charge on any atom is 0.336 e. The summed E-state index contributed by atoms with van der Waals surface area (Å²) in [6.07, 6.45) is -0.609. The minimum absolute atomic E-state index is 0.116. The van der Waals surface area contributed by atoms with E-state index in [-0.39, 0.29) is 24.3 Å². The van der Waals surface area contributed by atoms with E-state index in [9.17, 15) is 9.59 Å². The van der Waals surface area contributed by atoms with E-state index in [0.717, 1.165) is 0 Å². The molecule has 0 aliphatic carbocycles. The summed E-state index contributed by atoms with van der Waals surface area (Å²) in [5.41, 5.74) is 0.000438. The lowest BCUT2D eigenvalue weighted by atomic mass is 10.0. The van der Waals surface area contributed by atoms with Gasteiger partial charge in [0.2, 0.25) is 0 Å². The van der Waals surface area contributed by atoms with Crippen molar-refractivity contribution in [3.63, 3.8) is 0 Å².